The highest BCUT2D eigenvalue weighted by molar-refractivity contribution is 6.30. The molecule has 1 fully saturated rings. The predicted octanol–water partition coefficient (Wildman–Crippen LogP) is 3.41. The summed E-state index contributed by atoms with van der Waals surface area (Å²) in [7, 11) is 0. The van der Waals surface area contributed by atoms with Gasteiger partial charge in [-0.2, -0.15) is 0 Å². The number of allylic oxidation sites excluding steroid dienone is 1. The molecule has 1 aliphatic heterocycles. The van der Waals surface area contributed by atoms with Gasteiger partial charge in [-0.3, -0.25) is 0 Å². The molecule has 164 valence electrons. The number of nitrogens with one attached hydrogen (secondary N) is 3. The van der Waals surface area contributed by atoms with Crippen molar-refractivity contribution in [3.63, 3.8) is 0 Å². The number of aliphatic hydroxyl groups is 1. The fourth-order valence-corrected chi connectivity index (χ4v) is 4.43. The normalized spacial score (nSPS) is 20.3. The van der Waals surface area contributed by atoms with Crippen LogP contribution in [0.15, 0.2) is 60.0 Å². The lowest BCUT2D eigenvalue weighted by Crippen LogP contribution is -2.44. The molecule has 1 saturated heterocycles. The van der Waals surface area contributed by atoms with Gasteiger partial charge in [0.1, 0.15) is 6.10 Å². The number of anilines is 1. The number of aliphatic hydroxyl groups excluding tert-OH is 1. The Labute approximate surface area is 188 Å². The van der Waals surface area contributed by atoms with Gasteiger partial charge in [0.05, 0.1) is 5.70 Å². The van der Waals surface area contributed by atoms with E-state index in [-0.39, 0.29) is 6.10 Å². The topological polar surface area (TPSA) is 80.6 Å². The van der Waals surface area contributed by atoms with E-state index in [1.165, 1.54) is 17.3 Å². The number of rotatable bonds is 7. The summed E-state index contributed by atoms with van der Waals surface area (Å²) in [6.45, 7) is 3.18. The van der Waals surface area contributed by atoms with Crippen molar-refractivity contribution in [1.29, 1.82) is 5.41 Å². The molecule has 1 unspecified atom stereocenters. The predicted molar refractivity (Wildman–Crippen MR) is 125 cm³/mol. The molecule has 4 N–H and O–H groups in total. The third kappa shape index (κ3) is 5.39. The Hall–Kier alpha value is -2.54. The first-order valence-electron chi connectivity index (χ1n) is 10.8. The van der Waals surface area contributed by atoms with Gasteiger partial charge in [0.15, 0.2) is 12.0 Å². The van der Waals surface area contributed by atoms with Gasteiger partial charge in [0.25, 0.3) is 0 Å². The van der Waals surface area contributed by atoms with Gasteiger partial charge < -0.3 is 30.8 Å². The maximum atomic E-state index is 11.1. The molecule has 6 nitrogen and oxygen atoms in total. The van der Waals surface area contributed by atoms with E-state index in [9.17, 15) is 5.11 Å². The van der Waals surface area contributed by atoms with Crippen LogP contribution >= 0.6 is 11.6 Å². The van der Waals surface area contributed by atoms with Crippen LogP contribution in [0, 0.1) is 5.41 Å². The summed E-state index contributed by atoms with van der Waals surface area (Å²) in [5.41, 5.74) is 3.95. The molecule has 7 heteroatoms. The van der Waals surface area contributed by atoms with E-state index in [0.29, 0.717) is 22.2 Å². The number of hydrogen-bond acceptors (Lipinski definition) is 6. The molecule has 31 heavy (non-hydrogen) atoms. The maximum absolute atomic E-state index is 11.1. The number of fused-ring (bicyclic) bond motifs is 1. The number of benzene rings is 2. The van der Waals surface area contributed by atoms with E-state index >= 15 is 0 Å². The smallest absolute Gasteiger partial charge is 0.185 e. The van der Waals surface area contributed by atoms with Crippen molar-refractivity contribution >= 4 is 23.5 Å². The van der Waals surface area contributed by atoms with Crippen LogP contribution in [-0.2, 0) is 17.6 Å². The van der Waals surface area contributed by atoms with E-state index in [0.717, 1.165) is 45.4 Å². The fourth-order valence-electron chi connectivity index (χ4n) is 4.24. The third-order valence-corrected chi connectivity index (χ3v) is 6.05. The van der Waals surface area contributed by atoms with Gasteiger partial charge in [-0.25, -0.2) is 0 Å². The molecule has 0 aromatic heterocycles. The van der Waals surface area contributed by atoms with E-state index in [4.69, 9.17) is 21.7 Å². The Bertz CT molecular complexity index is 943. The van der Waals surface area contributed by atoms with Gasteiger partial charge in [-0.15, -0.1) is 0 Å². The Morgan fingerprint density at radius 3 is 2.71 bits per heavy atom. The van der Waals surface area contributed by atoms with Crippen molar-refractivity contribution in [2.24, 2.45) is 0 Å². The first-order valence-corrected chi connectivity index (χ1v) is 11.2. The summed E-state index contributed by atoms with van der Waals surface area (Å²) in [6, 6.07) is 15.7. The largest absolute Gasteiger partial charge is 0.487 e. The zero-order chi connectivity index (χ0) is 21.6. The Kier molecular flexibility index (Phi) is 7.12. The van der Waals surface area contributed by atoms with Crippen LogP contribution in [0.3, 0.4) is 0 Å². The molecular formula is C24H29ClN4O2. The molecule has 1 heterocycles. The van der Waals surface area contributed by atoms with Gasteiger partial charge in [0.2, 0.25) is 0 Å². The van der Waals surface area contributed by atoms with Crippen LogP contribution in [0.5, 0.6) is 0 Å². The number of nitrogens with zero attached hydrogens (tertiary/aromatic N) is 1. The minimum Gasteiger partial charge on any atom is -0.487 e. The van der Waals surface area contributed by atoms with Gasteiger partial charge in [-0.05, 0) is 42.2 Å². The first kappa shape index (κ1) is 21.7. The fraction of sp³-hybridized carbons (Fsp3) is 0.375. The lowest BCUT2D eigenvalue weighted by Gasteiger charge is -2.34. The van der Waals surface area contributed by atoms with Gasteiger partial charge >= 0.3 is 0 Å². The standard InChI is InChI=1S/C24H29ClN4O2/c25-19-6-3-7-20(15-19)28-24(30)23(22(16-26)29-12-10-27-11-13-29)31-21-9-8-17-4-1-2-5-18(17)14-21/h1-7,15-16,21,24,26-28,30H,8-14H2/b23-22-,26-16?/t21?,24-/m0/s1. The van der Waals surface area contributed by atoms with Crippen molar-refractivity contribution in [2.45, 2.75) is 31.6 Å². The highest BCUT2D eigenvalue weighted by Crippen LogP contribution is 2.27. The molecule has 1 aliphatic carbocycles. The summed E-state index contributed by atoms with van der Waals surface area (Å²) in [4.78, 5) is 2.10. The molecule has 0 bridgehead atoms. The maximum Gasteiger partial charge on any atom is 0.185 e. The summed E-state index contributed by atoms with van der Waals surface area (Å²) in [5, 5.41) is 26.2. The summed E-state index contributed by atoms with van der Waals surface area (Å²) in [5.74, 6) is 0.390. The van der Waals surface area contributed by atoms with Crippen LogP contribution in [0.1, 0.15) is 17.5 Å². The lowest BCUT2D eigenvalue weighted by molar-refractivity contribution is 0.0479. The average molecular weight is 441 g/mol. The molecule has 2 aliphatic rings. The summed E-state index contributed by atoms with van der Waals surface area (Å²) < 4.78 is 6.44. The Morgan fingerprint density at radius 1 is 1.19 bits per heavy atom. The summed E-state index contributed by atoms with van der Waals surface area (Å²) >= 11 is 6.11. The molecular weight excluding hydrogens is 412 g/mol. The first-order chi connectivity index (χ1) is 15.1. The molecule has 2 aromatic rings. The number of aryl methyl sites for hydroxylation is 1. The minimum atomic E-state index is -1.10. The number of hydrogen-bond donors (Lipinski definition) is 4. The zero-order valence-corrected chi connectivity index (χ0v) is 18.2. The van der Waals surface area contributed by atoms with Crippen LogP contribution in [-0.4, -0.2) is 54.7 Å². The second kappa shape index (κ2) is 10.2. The van der Waals surface area contributed by atoms with E-state index in [1.54, 1.807) is 12.1 Å². The van der Waals surface area contributed by atoms with Crippen LogP contribution in [0.2, 0.25) is 5.02 Å². The highest BCUT2D eigenvalue weighted by Gasteiger charge is 2.27. The zero-order valence-electron chi connectivity index (χ0n) is 17.5. The molecule has 0 saturated carbocycles. The molecule has 0 radical (unpaired) electrons. The van der Waals surface area contributed by atoms with Gasteiger partial charge in [0, 0.05) is 49.5 Å². The van der Waals surface area contributed by atoms with Gasteiger partial charge in [-0.1, -0.05) is 41.9 Å². The van der Waals surface area contributed by atoms with E-state index in [1.807, 2.05) is 12.1 Å². The molecule has 2 aromatic carbocycles. The molecule has 0 amide bonds. The number of halogens is 1. The highest BCUT2D eigenvalue weighted by atomic mass is 35.5. The van der Waals surface area contributed by atoms with E-state index < -0.39 is 6.23 Å². The minimum absolute atomic E-state index is 0.0569. The summed E-state index contributed by atoms with van der Waals surface area (Å²) in [6.07, 6.45) is 2.74. The van der Waals surface area contributed by atoms with Crippen molar-refractivity contribution in [3.05, 3.63) is 76.1 Å². The number of ether oxygens (including phenoxy) is 1. The Morgan fingerprint density at radius 2 is 1.97 bits per heavy atom. The lowest BCUT2D eigenvalue weighted by atomic mass is 9.90. The average Bonchev–Trinajstić information content (AvgIpc) is 2.79. The number of piperazine rings is 1. The van der Waals surface area contributed by atoms with Crippen LogP contribution < -0.4 is 10.6 Å². The van der Waals surface area contributed by atoms with Crippen LogP contribution in [0.4, 0.5) is 5.69 Å². The SMILES string of the molecule is N=C/C(=C(/OC1CCc2ccccc2C1)[C@H](O)Nc1cccc(Cl)c1)N1CCNCC1. The van der Waals surface area contributed by atoms with Crippen molar-refractivity contribution < 1.29 is 9.84 Å². The third-order valence-electron chi connectivity index (χ3n) is 5.82. The van der Waals surface area contributed by atoms with Crippen LogP contribution in [0.25, 0.3) is 0 Å². The van der Waals surface area contributed by atoms with Crippen molar-refractivity contribution in [3.8, 4) is 0 Å². The van der Waals surface area contributed by atoms with Crippen molar-refractivity contribution in [2.75, 3.05) is 31.5 Å². The molecule has 0 spiro atoms. The second-order valence-corrected chi connectivity index (χ2v) is 8.38. The van der Waals surface area contributed by atoms with Crippen molar-refractivity contribution in [1.82, 2.24) is 10.2 Å². The Balaban J connectivity index is 1.60. The molecule has 4 rings (SSSR count). The molecule has 2 atom stereocenters. The monoisotopic (exact) mass is 440 g/mol. The van der Waals surface area contributed by atoms with E-state index in [2.05, 4.69) is 39.8 Å². The second-order valence-electron chi connectivity index (χ2n) is 7.94. The quantitative estimate of drug-likeness (QED) is 0.301.